The Morgan fingerprint density at radius 1 is 1.05 bits per heavy atom. The molecule has 1 amide bonds. The van der Waals surface area contributed by atoms with Gasteiger partial charge in [-0.15, -0.1) is 11.8 Å². The van der Waals surface area contributed by atoms with Crippen LogP contribution < -0.4 is 5.32 Å². The maximum atomic E-state index is 13.1. The standard InChI is InChI=1S/C30H32N4O2S/c1-21-9-6-7-13-26(21)29-32-28(36-33-29)19-34-16-8-10-24(18-34)30(35)31-27-15-14-23(17-22(27)2)20-37-25-11-4-3-5-12-25/h3-7,9,11-15,17,24H,8,10,16,18-20H2,1-2H3,(H,31,35). The molecular weight excluding hydrogens is 480 g/mol. The van der Waals surface area contributed by atoms with Crippen molar-refractivity contribution < 1.29 is 9.32 Å². The highest BCUT2D eigenvalue weighted by atomic mass is 32.2. The molecule has 6 nitrogen and oxygen atoms in total. The molecule has 1 aliphatic heterocycles. The number of carbonyl (C=O) groups is 1. The molecule has 1 aromatic heterocycles. The second-order valence-corrected chi connectivity index (χ2v) is 10.7. The third kappa shape index (κ3) is 6.48. The molecule has 1 atom stereocenters. The summed E-state index contributed by atoms with van der Waals surface area (Å²) in [5.41, 5.74) is 5.31. The molecule has 1 saturated heterocycles. The van der Waals surface area contributed by atoms with Gasteiger partial charge >= 0.3 is 0 Å². The van der Waals surface area contributed by atoms with Crippen molar-refractivity contribution in [3.63, 3.8) is 0 Å². The van der Waals surface area contributed by atoms with Gasteiger partial charge in [-0.1, -0.05) is 59.8 Å². The second kappa shape index (κ2) is 11.8. The first-order valence-corrected chi connectivity index (χ1v) is 13.7. The summed E-state index contributed by atoms with van der Waals surface area (Å²) in [5.74, 6) is 2.10. The molecule has 0 radical (unpaired) electrons. The van der Waals surface area contributed by atoms with Crippen LogP contribution in [0.4, 0.5) is 5.69 Å². The highest BCUT2D eigenvalue weighted by Gasteiger charge is 2.27. The van der Waals surface area contributed by atoms with Crippen LogP contribution >= 0.6 is 11.8 Å². The van der Waals surface area contributed by atoms with Gasteiger partial charge in [0.15, 0.2) is 0 Å². The highest BCUT2D eigenvalue weighted by Crippen LogP contribution is 2.27. The van der Waals surface area contributed by atoms with Crippen LogP contribution in [-0.4, -0.2) is 34.0 Å². The van der Waals surface area contributed by atoms with Crippen molar-refractivity contribution in [1.82, 2.24) is 15.0 Å². The lowest BCUT2D eigenvalue weighted by Crippen LogP contribution is -2.40. The fraction of sp³-hybridized carbons (Fsp3) is 0.300. The molecule has 190 valence electrons. The largest absolute Gasteiger partial charge is 0.338 e. The van der Waals surface area contributed by atoms with Gasteiger partial charge in [0.05, 0.1) is 12.5 Å². The minimum Gasteiger partial charge on any atom is -0.338 e. The quantitative estimate of drug-likeness (QED) is 0.272. The molecule has 1 N–H and O–H groups in total. The summed E-state index contributed by atoms with van der Waals surface area (Å²) in [6, 6.07) is 24.7. The van der Waals surface area contributed by atoms with E-state index >= 15 is 0 Å². The molecule has 0 bridgehead atoms. The Morgan fingerprint density at radius 3 is 2.68 bits per heavy atom. The molecule has 0 saturated carbocycles. The minimum atomic E-state index is -0.0692. The van der Waals surface area contributed by atoms with Gasteiger partial charge in [0.2, 0.25) is 17.6 Å². The van der Waals surface area contributed by atoms with E-state index in [2.05, 4.69) is 63.7 Å². The number of carbonyl (C=O) groups excluding carboxylic acids is 1. The first-order chi connectivity index (χ1) is 18.0. The van der Waals surface area contributed by atoms with Crippen LogP contribution in [0.15, 0.2) is 82.2 Å². The van der Waals surface area contributed by atoms with E-state index in [0.29, 0.717) is 24.8 Å². The van der Waals surface area contributed by atoms with Gasteiger partial charge in [-0.3, -0.25) is 9.69 Å². The third-order valence-corrected chi connectivity index (χ3v) is 7.87. The maximum Gasteiger partial charge on any atom is 0.241 e. The van der Waals surface area contributed by atoms with Crippen LogP contribution in [0.3, 0.4) is 0 Å². The van der Waals surface area contributed by atoms with Crippen LogP contribution in [-0.2, 0) is 17.1 Å². The Morgan fingerprint density at radius 2 is 1.86 bits per heavy atom. The van der Waals surface area contributed by atoms with Crippen molar-refractivity contribution in [3.05, 3.63) is 95.4 Å². The van der Waals surface area contributed by atoms with Crippen molar-refractivity contribution in [2.24, 2.45) is 5.92 Å². The van der Waals surface area contributed by atoms with Crippen molar-refractivity contribution >= 4 is 23.4 Å². The van der Waals surface area contributed by atoms with E-state index in [9.17, 15) is 4.79 Å². The lowest BCUT2D eigenvalue weighted by molar-refractivity contribution is -0.121. The lowest BCUT2D eigenvalue weighted by atomic mass is 9.96. The summed E-state index contributed by atoms with van der Waals surface area (Å²) in [7, 11) is 0. The number of benzene rings is 3. The number of hydrogen-bond acceptors (Lipinski definition) is 6. The average molecular weight is 513 g/mol. The molecule has 4 aromatic rings. The molecule has 7 heteroatoms. The number of nitrogens with zero attached hydrogens (tertiary/aromatic N) is 3. The summed E-state index contributed by atoms with van der Waals surface area (Å²) >= 11 is 1.82. The normalized spacial score (nSPS) is 16.0. The predicted octanol–water partition coefficient (Wildman–Crippen LogP) is 6.50. The molecule has 5 rings (SSSR count). The van der Waals surface area contributed by atoms with Crippen LogP contribution in [0.5, 0.6) is 0 Å². The van der Waals surface area contributed by atoms with E-state index in [4.69, 9.17) is 4.52 Å². The molecule has 1 aliphatic rings. The second-order valence-electron chi connectivity index (χ2n) is 9.64. The summed E-state index contributed by atoms with van der Waals surface area (Å²) in [6.45, 7) is 6.24. The number of hydrogen-bond donors (Lipinski definition) is 1. The third-order valence-electron chi connectivity index (χ3n) is 6.79. The Balaban J connectivity index is 1.16. The molecule has 0 spiro atoms. The monoisotopic (exact) mass is 512 g/mol. The fourth-order valence-corrected chi connectivity index (χ4v) is 5.59. The SMILES string of the molecule is Cc1cc(CSc2ccccc2)ccc1NC(=O)C1CCCN(Cc2nc(-c3ccccc3C)no2)C1. The van der Waals surface area contributed by atoms with E-state index in [1.54, 1.807) is 0 Å². The van der Waals surface area contributed by atoms with Gasteiger partial charge in [0, 0.05) is 28.4 Å². The zero-order valence-corrected chi connectivity index (χ0v) is 22.1. The summed E-state index contributed by atoms with van der Waals surface area (Å²) in [4.78, 5) is 21.2. The van der Waals surface area contributed by atoms with Gasteiger partial charge in [0.25, 0.3) is 0 Å². The summed E-state index contributed by atoms with van der Waals surface area (Å²) < 4.78 is 5.54. The Bertz CT molecular complexity index is 1350. The average Bonchev–Trinajstić information content (AvgIpc) is 3.38. The number of anilines is 1. The molecule has 3 aromatic carbocycles. The topological polar surface area (TPSA) is 71.3 Å². The number of aromatic nitrogens is 2. The number of aryl methyl sites for hydroxylation is 2. The molecule has 0 aliphatic carbocycles. The van der Waals surface area contributed by atoms with Crippen LogP contribution in [0, 0.1) is 19.8 Å². The highest BCUT2D eigenvalue weighted by molar-refractivity contribution is 7.98. The molecular formula is C30H32N4O2S. The van der Waals surface area contributed by atoms with Gasteiger partial charge in [-0.25, -0.2) is 0 Å². The van der Waals surface area contributed by atoms with E-state index in [1.165, 1.54) is 10.5 Å². The van der Waals surface area contributed by atoms with Crippen LogP contribution in [0.1, 0.15) is 35.4 Å². The van der Waals surface area contributed by atoms with Gasteiger partial charge in [-0.05, 0) is 68.1 Å². The van der Waals surface area contributed by atoms with E-state index < -0.39 is 0 Å². The van der Waals surface area contributed by atoms with E-state index in [0.717, 1.165) is 47.5 Å². The molecule has 1 fully saturated rings. The van der Waals surface area contributed by atoms with E-state index in [1.807, 2.05) is 55.1 Å². The zero-order valence-electron chi connectivity index (χ0n) is 21.3. The number of rotatable bonds is 8. The molecule has 2 heterocycles. The molecule has 1 unspecified atom stereocenters. The summed E-state index contributed by atoms with van der Waals surface area (Å²) in [6.07, 6.45) is 1.84. The molecule has 37 heavy (non-hydrogen) atoms. The number of thioether (sulfide) groups is 1. The van der Waals surface area contributed by atoms with Crippen molar-refractivity contribution in [2.45, 2.75) is 43.9 Å². The van der Waals surface area contributed by atoms with Crippen LogP contribution in [0.25, 0.3) is 11.4 Å². The van der Waals surface area contributed by atoms with Crippen molar-refractivity contribution in [3.8, 4) is 11.4 Å². The first-order valence-electron chi connectivity index (χ1n) is 12.7. The number of amides is 1. The zero-order chi connectivity index (χ0) is 25.6. The van der Waals surface area contributed by atoms with Gasteiger partial charge in [0.1, 0.15) is 0 Å². The predicted molar refractivity (Wildman–Crippen MR) is 148 cm³/mol. The van der Waals surface area contributed by atoms with Gasteiger partial charge < -0.3 is 9.84 Å². The minimum absolute atomic E-state index is 0.0692. The smallest absolute Gasteiger partial charge is 0.241 e. The number of nitrogens with one attached hydrogen (secondary N) is 1. The van der Waals surface area contributed by atoms with Crippen LogP contribution in [0.2, 0.25) is 0 Å². The van der Waals surface area contributed by atoms with Crippen molar-refractivity contribution in [2.75, 3.05) is 18.4 Å². The lowest BCUT2D eigenvalue weighted by Gasteiger charge is -2.31. The fourth-order valence-electron chi connectivity index (χ4n) is 4.73. The van der Waals surface area contributed by atoms with Gasteiger partial charge in [-0.2, -0.15) is 4.98 Å². The Hall–Kier alpha value is -3.42. The first kappa shape index (κ1) is 25.2. The number of likely N-dealkylation sites (tertiary alicyclic amines) is 1. The number of piperidine rings is 1. The Kier molecular flexibility index (Phi) is 8.02. The Labute approximate surface area is 222 Å². The maximum absolute atomic E-state index is 13.1. The summed E-state index contributed by atoms with van der Waals surface area (Å²) in [5, 5.41) is 7.35. The van der Waals surface area contributed by atoms with E-state index in [-0.39, 0.29) is 11.8 Å². The van der Waals surface area contributed by atoms with Crippen molar-refractivity contribution in [1.29, 1.82) is 0 Å².